The van der Waals surface area contributed by atoms with Gasteiger partial charge in [-0.05, 0) is 98.1 Å². The number of rotatable bonds is 8. The van der Waals surface area contributed by atoms with Crippen LogP contribution in [0.25, 0.3) is 0 Å². The van der Waals surface area contributed by atoms with E-state index < -0.39 is 0 Å². The molecule has 0 aliphatic heterocycles. The predicted molar refractivity (Wildman–Crippen MR) is 131 cm³/mol. The van der Waals surface area contributed by atoms with Gasteiger partial charge in [0.1, 0.15) is 11.6 Å². The third kappa shape index (κ3) is 5.95. The second-order valence-corrected chi connectivity index (χ2v) is 11.6. The molecule has 0 saturated heterocycles. The van der Waals surface area contributed by atoms with E-state index in [0.29, 0.717) is 17.9 Å². The van der Waals surface area contributed by atoms with Crippen molar-refractivity contribution in [1.29, 1.82) is 0 Å². The Hall–Kier alpha value is -0.920. The summed E-state index contributed by atoms with van der Waals surface area (Å²) in [4.78, 5) is 0. The van der Waals surface area contributed by atoms with Gasteiger partial charge in [0.05, 0.1) is 0 Å². The van der Waals surface area contributed by atoms with Crippen molar-refractivity contribution >= 4 is 0 Å². The molecule has 1 aromatic carbocycles. The van der Waals surface area contributed by atoms with Crippen LogP contribution in [0.1, 0.15) is 127 Å². The van der Waals surface area contributed by atoms with Gasteiger partial charge in [0.15, 0.2) is 0 Å². The van der Waals surface area contributed by atoms with Gasteiger partial charge < -0.3 is 0 Å². The second-order valence-electron chi connectivity index (χ2n) is 11.6. The first-order valence-electron chi connectivity index (χ1n) is 14.0. The fourth-order valence-corrected chi connectivity index (χ4v) is 7.40. The molecular weight excluding hydrogens is 398 g/mol. The Balaban J connectivity index is 1.26. The first kappa shape index (κ1) is 24.2. The summed E-state index contributed by atoms with van der Waals surface area (Å²) < 4.78 is 29.2. The summed E-state index contributed by atoms with van der Waals surface area (Å²) in [7, 11) is 0. The van der Waals surface area contributed by atoms with Crippen molar-refractivity contribution in [2.75, 3.05) is 0 Å². The molecule has 4 unspecified atom stereocenters. The van der Waals surface area contributed by atoms with Gasteiger partial charge in [-0.2, -0.15) is 0 Å². The Morgan fingerprint density at radius 1 is 0.719 bits per heavy atom. The third-order valence-electron chi connectivity index (χ3n) is 9.66. The molecule has 4 rings (SSSR count). The molecule has 0 amide bonds. The Morgan fingerprint density at radius 2 is 1.31 bits per heavy atom. The minimum absolute atomic E-state index is 0.299. The van der Waals surface area contributed by atoms with Crippen molar-refractivity contribution in [3.8, 4) is 0 Å². The number of hydrogen-bond donors (Lipinski definition) is 0. The zero-order valence-corrected chi connectivity index (χ0v) is 20.7. The van der Waals surface area contributed by atoms with Crippen LogP contribution in [0, 0.1) is 41.2 Å². The van der Waals surface area contributed by atoms with E-state index >= 15 is 0 Å². The molecule has 2 heteroatoms. The number of hydrogen-bond acceptors (Lipinski definition) is 0. The van der Waals surface area contributed by atoms with Gasteiger partial charge in [0.25, 0.3) is 0 Å². The predicted octanol–water partition coefficient (Wildman–Crippen LogP) is 9.60. The third-order valence-corrected chi connectivity index (χ3v) is 9.66. The average Bonchev–Trinajstić information content (AvgIpc) is 2.82. The Labute approximate surface area is 196 Å². The highest BCUT2D eigenvalue weighted by Gasteiger charge is 2.36. The van der Waals surface area contributed by atoms with Crippen LogP contribution in [-0.2, 0) is 6.42 Å². The van der Waals surface area contributed by atoms with Crippen LogP contribution in [0.2, 0.25) is 0 Å². The van der Waals surface area contributed by atoms with Gasteiger partial charge >= 0.3 is 0 Å². The number of unbranched alkanes of at least 4 members (excludes halogenated alkanes) is 1. The minimum atomic E-state index is -0.313. The zero-order chi connectivity index (χ0) is 22.5. The molecule has 3 aliphatic rings. The fraction of sp³-hybridized carbons (Fsp3) is 0.800. The highest BCUT2D eigenvalue weighted by molar-refractivity contribution is 5.29. The quantitative estimate of drug-likeness (QED) is 0.374. The molecule has 3 saturated carbocycles. The van der Waals surface area contributed by atoms with E-state index in [-0.39, 0.29) is 11.6 Å². The van der Waals surface area contributed by atoms with Crippen LogP contribution < -0.4 is 0 Å². The molecule has 3 aliphatic carbocycles. The topological polar surface area (TPSA) is 0 Å². The van der Waals surface area contributed by atoms with Crippen LogP contribution in [-0.4, -0.2) is 0 Å². The van der Waals surface area contributed by atoms with Crippen LogP contribution >= 0.6 is 0 Å². The molecule has 4 atom stereocenters. The van der Waals surface area contributed by atoms with Gasteiger partial charge in [0, 0.05) is 5.56 Å². The van der Waals surface area contributed by atoms with Gasteiger partial charge in [-0.3, -0.25) is 0 Å². The Bertz CT molecular complexity index is 695. The first-order valence-corrected chi connectivity index (χ1v) is 14.0. The summed E-state index contributed by atoms with van der Waals surface area (Å²) >= 11 is 0. The van der Waals surface area contributed by atoms with Crippen molar-refractivity contribution in [2.24, 2.45) is 29.6 Å². The first-order chi connectivity index (χ1) is 15.6. The highest BCUT2D eigenvalue weighted by Crippen LogP contribution is 2.49. The zero-order valence-electron chi connectivity index (χ0n) is 20.7. The number of benzene rings is 1. The molecule has 1 aromatic rings. The lowest BCUT2D eigenvalue weighted by atomic mass is 9.63. The molecular formula is C30H46F2. The van der Waals surface area contributed by atoms with Gasteiger partial charge in [0.2, 0.25) is 0 Å². The smallest absolute Gasteiger partial charge is 0.129 e. The molecule has 0 bridgehead atoms. The maximum atomic E-state index is 14.6. The van der Waals surface area contributed by atoms with Crippen LogP contribution in [0.15, 0.2) is 12.1 Å². The van der Waals surface area contributed by atoms with E-state index in [2.05, 4.69) is 13.8 Å². The number of fused-ring (bicyclic) bond motifs is 1. The van der Waals surface area contributed by atoms with Crippen molar-refractivity contribution < 1.29 is 8.78 Å². The molecule has 180 valence electrons. The minimum Gasteiger partial charge on any atom is -0.207 e. The number of halogens is 2. The maximum absolute atomic E-state index is 14.6. The van der Waals surface area contributed by atoms with Crippen molar-refractivity contribution in [1.82, 2.24) is 0 Å². The monoisotopic (exact) mass is 444 g/mol. The van der Waals surface area contributed by atoms with Crippen molar-refractivity contribution in [3.05, 3.63) is 34.9 Å². The van der Waals surface area contributed by atoms with Gasteiger partial charge in [-0.15, -0.1) is 0 Å². The molecule has 0 N–H and O–H groups in total. The van der Waals surface area contributed by atoms with E-state index in [0.717, 1.165) is 60.8 Å². The van der Waals surface area contributed by atoms with E-state index in [4.69, 9.17) is 0 Å². The summed E-state index contributed by atoms with van der Waals surface area (Å²) in [5, 5.41) is 0. The van der Waals surface area contributed by atoms with E-state index in [1.807, 2.05) is 0 Å². The SMILES string of the molecule is CCCCc1c(F)cc(C2CCC3CC(CCC4CCC(CC)CC4)CCC3C2)cc1F. The standard InChI is InChI=1S/C30H46F2/c1-3-5-6-28-29(31)19-27(20-30(28)32)26-16-15-24-17-23(13-14-25(24)18-26)12-11-22-9-7-21(4-2)8-10-22/h19-26H,3-18H2,1-2H3. The molecule has 0 radical (unpaired) electrons. The largest absolute Gasteiger partial charge is 0.207 e. The summed E-state index contributed by atoms with van der Waals surface area (Å²) in [5.74, 6) is 4.30. The summed E-state index contributed by atoms with van der Waals surface area (Å²) in [6.07, 6.45) is 20.2. The van der Waals surface area contributed by atoms with Crippen LogP contribution in [0.5, 0.6) is 0 Å². The molecule has 0 nitrogen and oxygen atoms in total. The summed E-state index contributed by atoms with van der Waals surface area (Å²) in [6, 6.07) is 3.33. The lowest BCUT2D eigenvalue weighted by Crippen LogP contribution is -2.31. The Morgan fingerprint density at radius 3 is 2.00 bits per heavy atom. The molecule has 0 aromatic heterocycles. The molecule has 32 heavy (non-hydrogen) atoms. The average molecular weight is 445 g/mol. The second kappa shape index (κ2) is 11.5. The van der Waals surface area contributed by atoms with Gasteiger partial charge in [-0.25, -0.2) is 8.78 Å². The summed E-state index contributed by atoms with van der Waals surface area (Å²) in [5.41, 5.74) is 1.22. The molecule has 0 spiro atoms. The lowest BCUT2D eigenvalue weighted by Gasteiger charge is -2.43. The van der Waals surface area contributed by atoms with Crippen LogP contribution in [0.4, 0.5) is 8.78 Å². The normalized spacial score (nSPS) is 33.1. The van der Waals surface area contributed by atoms with E-state index in [9.17, 15) is 8.78 Å². The van der Waals surface area contributed by atoms with E-state index in [1.165, 1.54) is 70.6 Å². The fourth-order valence-electron chi connectivity index (χ4n) is 7.40. The van der Waals surface area contributed by atoms with Gasteiger partial charge in [-0.1, -0.05) is 71.6 Å². The van der Waals surface area contributed by atoms with Crippen molar-refractivity contribution in [3.63, 3.8) is 0 Å². The Kier molecular flexibility index (Phi) is 8.68. The highest BCUT2D eigenvalue weighted by atomic mass is 19.1. The molecule has 3 fully saturated rings. The molecule has 0 heterocycles. The summed E-state index contributed by atoms with van der Waals surface area (Å²) in [6.45, 7) is 4.42. The van der Waals surface area contributed by atoms with Crippen molar-refractivity contribution in [2.45, 2.75) is 122 Å². The maximum Gasteiger partial charge on any atom is 0.129 e. The lowest BCUT2D eigenvalue weighted by molar-refractivity contribution is 0.108. The van der Waals surface area contributed by atoms with Crippen LogP contribution in [0.3, 0.4) is 0 Å². The van der Waals surface area contributed by atoms with E-state index in [1.54, 1.807) is 12.1 Å².